The van der Waals surface area contributed by atoms with Crippen LogP contribution >= 0.6 is 11.8 Å². The van der Waals surface area contributed by atoms with Crippen LogP contribution in [0.25, 0.3) is 0 Å². The van der Waals surface area contributed by atoms with E-state index in [1.807, 2.05) is 24.3 Å². The Hall–Kier alpha value is -3.74. The van der Waals surface area contributed by atoms with Gasteiger partial charge in [-0.1, -0.05) is 18.2 Å². The number of aliphatic imine (C=N–C) groups is 1. The first-order valence-electron chi connectivity index (χ1n) is 12.0. The molecule has 5 rings (SSSR count). The predicted molar refractivity (Wildman–Crippen MR) is 139 cm³/mol. The third-order valence-corrected chi connectivity index (χ3v) is 7.38. The summed E-state index contributed by atoms with van der Waals surface area (Å²) in [4.78, 5) is 48.1. The molecule has 2 aliphatic rings. The van der Waals surface area contributed by atoms with E-state index in [0.717, 1.165) is 35.9 Å². The van der Waals surface area contributed by atoms with Crippen LogP contribution in [-0.2, 0) is 42.9 Å². The number of halogens is 2. The van der Waals surface area contributed by atoms with Crippen molar-refractivity contribution in [1.29, 1.82) is 0 Å². The van der Waals surface area contributed by atoms with Crippen molar-refractivity contribution in [2.45, 2.75) is 17.1 Å². The molecular formula is C27H22F2N3NiO7S-. The van der Waals surface area contributed by atoms with Gasteiger partial charge in [0.25, 0.3) is 0 Å². The van der Waals surface area contributed by atoms with Gasteiger partial charge in [-0.2, -0.15) is 6.20 Å². The molecule has 1 saturated heterocycles. The quantitative estimate of drug-likeness (QED) is 0.236. The zero-order valence-electron chi connectivity index (χ0n) is 21.5. The van der Waals surface area contributed by atoms with Crippen molar-refractivity contribution in [3.05, 3.63) is 86.8 Å². The summed E-state index contributed by atoms with van der Waals surface area (Å²) in [5, 5.41) is 0. The Kier molecular flexibility index (Phi) is 9.79. The molecule has 0 spiro atoms. The summed E-state index contributed by atoms with van der Waals surface area (Å²) in [5.74, 6) is -2.83. The molecule has 0 bridgehead atoms. The molecule has 0 N–H and O–H groups in total. The summed E-state index contributed by atoms with van der Waals surface area (Å²) in [5.41, 5.74) is 0.810. The molecule has 0 unspecified atom stereocenters. The number of pyridine rings is 1. The Morgan fingerprint density at radius 1 is 1.20 bits per heavy atom. The zero-order chi connectivity index (χ0) is 28.2. The number of nitrogens with zero attached hydrogens (tertiary/aromatic N) is 3. The fourth-order valence-corrected chi connectivity index (χ4v) is 5.40. The Bertz CT molecular complexity index is 1570. The second-order valence-electron chi connectivity index (χ2n) is 8.61. The third-order valence-electron chi connectivity index (χ3n) is 6.24. The Morgan fingerprint density at radius 2 is 2.00 bits per heavy atom. The minimum Gasteiger partial charge on any atom is -0.656 e. The summed E-state index contributed by atoms with van der Waals surface area (Å²) >= 11 is 1.41. The number of carbonyl (C=O) groups is 2. The molecule has 14 heteroatoms. The number of aromatic nitrogens is 1. The fourth-order valence-electron chi connectivity index (χ4n) is 4.30. The van der Waals surface area contributed by atoms with E-state index in [4.69, 9.17) is 9.47 Å². The topological polar surface area (TPSA) is 118 Å². The van der Waals surface area contributed by atoms with Crippen LogP contribution < -0.4 is 15.1 Å². The first-order chi connectivity index (χ1) is 19.4. The summed E-state index contributed by atoms with van der Waals surface area (Å²) in [7, 11) is 1.10. The number of thioether (sulfide) groups is 1. The van der Waals surface area contributed by atoms with E-state index in [1.165, 1.54) is 16.7 Å². The molecule has 1 fully saturated rings. The van der Waals surface area contributed by atoms with Gasteiger partial charge in [-0.25, -0.2) is 18.6 Å². The zero-order valence-corrected chi connectivity index (χ0v) is 23.3. The van der Waals surface area contributed by atoms with Gasteiger partial charge in [0.2, 0.25) is 18.1 Å². The number of rotatable bonds is 5. The van der Waals surface area contributed by atoms with Gasteiger partial charge >= 0.3 is 6.16 Å². The van der Waals surface area contributed by atoms with Crippen LogP contribution in [0.5, 0.6) is 5.75 Å². The molecule has 1 aromatic heterocycles. The van der Waals surface area contributed by atoms with E-state index < -0.39 is 41.7 Å². The molecule has 0 saturated carbocycles. The minimum atomic E-state index is -1.05. The average molecular weight is 629 g/mol. The molecule has 1 amide bonds. The predicted octanol–water partition coefficient (Wildman–Crippen LogP) is 3.80. The number of amides is 1. The van der Waals surface area contributed by atoms with Crippen molar-refractivity contribution >= 4 is 35.3 Å². The van der Waals surface area contributed by atoms with Crippen LogP contribution in [0.2, 0.25) is 0 Å². The molecule has 3 heterocycles. The summed E-state index contributed by atoms with van der Waals surface area (Å²) in [6.45, 7) is -0.601. The number of hydrogen-bond donors (Lipinski definition) is 0. The van der Waals surface area contributed by atoms with Crippen molar-refractivity contribution < 1.29 is 53.8 Å². The Labute approximate surface area is 246 Å². The minimum absolute atomic E-state index is 0. The SMILES string of the molecule is COC(=O)OCOc1c(C(=O)N2CCOCC2=Nc2cc(F)c(F)c3c2Cc2ccccc2SC3)[n-]ccc1=O.[Ni]. The van der Waals surface area contributed by atoms with Gasteiger partial charge in [-0.3, -0.25) is 14.5 Å². The molecule has 0 aliphatic carbocycles. The van der Waals surface area contributed by atoms with Crippen molar-refractivity contribution in [2.75, 3.05) is 33.7 Å². The van der Waals surface area contributed by atoms with Crippen LogP contribution in [0, 0.1) is 11.6 Å². The van der Waals surface area contributed by atoms with Crippen LogP contribution in [-0.4, -0.2) is 56.5 Å². The maximum Gasteiger partial charge on any atom is 0.510 e. The number of ether oxygens (including phenoxy) is 4. The van der Waals surface area contributed by atoms with Gasteiger partial charge in [-0.05, 0) is 29.0 Å². The van der Waals surface area contributed by atoms with Crippen LogP contribution in [0.1, 0.15) is 27.2 Å². The monoisotopic (exact) mass is 628 g/mol. The third kappa shape index (κ3) is 6.45. The van der Waals surface area contributed by atoms with E-state index in [1.54, 1.807) is 0 Å². The van der Waals surface area contributed by atoms with Crippen LogP contribution in [0.4, 0.5) is 19.3 Å². The van der Waals surface area contributed by atoms with Crippen molar-refractivity contribution in [2.24, 2.45) is 4.99 Å². The van der Waals surface area contributed by atoms with E-state index in [-0.39, 0.29) is 64.8 Å². The average Bonchev–Trinajstić information content (AvgIpc) is 3.16. The van der Waals surface area contributed by atoms with Crippen molar-refractivity contribution in [3.63, 3.8) is 0 Å². The molecule has 2 aliphatic heterocycles. The van der Waals surface area contributed by atoms with E-state index in [9.17, 15) is 23.2 Å². The van der Waals surface area contributed by atoms with Crippen LogP contribution in [0.15, 0.2) is 57.3 Å². The van der Waals surface area contributed by atoms with E-state index >= 15 is 0 Å². The number of morpholine rings is 1. The number of amidine groups is 1. The first kappa shape index (κ1) is 30.2. The van der Waals surface area contributed by atoms with Gasteiger partial charge in [0.05, 0.1) is 25.9 Å². The maximum absolute atomic E-state index is 14.9. The van der Waals surface area contributed by atoms with E-state index in [2.05, 4.69) is 19.5 Å². The Morgan fingerprint density at radius 3 is 2.80 bits per heavy atom. The van der Waals surface area contributed by atoms with Gasteiger partial charge in [0.15, 0.2) is 17.4 Å². The molecule has 2 aromatic carbocycles. The molecule has 10 nitrogen and oxygen atoms in total. The van der Waals surface area contributed by atoms with Crippen molar-refractivity contribution in [1.82, 2.24) is 9.88 Å². The summed E-state index contributed by atoms with van der Waals surface area (Å²) in [6, 6.07) is 9.69. The van der Waals surface area contributed by atoms with Gasteiger partial charge in [0, 0.05) is 45.2 Å². The smallest absolute Gasteiger partial charge is 0.510 e. The molecule has 3 aromatic rings. The second-order valence-corrected chi connectivity index (χ2v) is 9.62. The van der Waals surface area contributed by atoms with Gasteiger partial charge in [0.1, 0.15) is 12.4 Å². The molecule has 0 radical (unpaired) electrons. The molecule has 218 valence electrons. The molecule has 41 heavy (non-hydrogen) atoms. The molecular weight excluding hydrogens is 607 g/mol. The largest absolute Gasteiger partial charge is 0.656 e. The van der Waals surface area contributed by atoms with Crippen molar-refractivity contribution in [3.8, 4) is 5.75 Å². The van der Waals surface area contributed by atoms with Crippen LogP contribution in [0.3, 0.4) is 0 Å². The number of fused-ring (bicyclic) bond motifs is 2. The normalized spacial score (nSPS) is 15.2. The fraction of sp³-hybridized carbons (Fsp3) is 0.259. The standard InChI is InChI=1S/C27H23F2N3O7S.Ni/c1-36-27(35)39-14-38-25-20(33)6-7-30-24(25)26(34)32-8-9-37-12-22(32)31-19-11-18(28)23(29)17-13-40-21-5-3-2-4-15(21)10-16(17)19;/h2-7,11H,8-10,12-14H2,1H3,(H,30,33);/p-1. The van der Waals surface area contributed by atoms with E-state index in [0.29, 0.717) is 12.0 Å². The Balaban J connectivity index is 0.00000387. The first-order valence-corrected chi connectivity index (χ1v) is 13.0. The van der Waals surface area contributed by atoms with Gasteiger partial charge < -0.3 is 23.9 Å². The van der Waals surface area contributed by atoms with Gasteiger partial charge in [-0.15, -0.1) is 11.8 Å². The number of benzene rings is 2. The number of methoxy groups -OCH3 is 1. The second kappa shape index (κ2) is 13.3. The summed E-state index contributed by atoms with van der Waals surface area (Å²) < 4.78 is 49.4. The molecule has 0 atom stereocenters. The summed E-state index contributed by atoms with van der Waals surface area (Å²) in [6.07, 6.45) is 0.415. The maximum atomic E-state index is 14.9. The number of hydrogen-bond acceptors (Lipinski definition) is 9. The number of carbonyl (C=O) groups excluding carboxylic acids is 2.